The van der Waals surface area contributed by atoms with E-state index in [2.05, 4.69) is 20.4 Å². The number of rotatable bonds is 2. The second-order valence-corrected chi connectivity index (χ2v) is 4.93. The number of nitrogens with one attached hydrogen (secondary N) is 1. The number of hydrogen-bond acceptors (Lipinski definition) is 6. The SMILES string of the molecule is Cc1noc2ncnc(NC3CCC(N)CC3)c12. The van der Waals surface area contributed by atoms with E-state index in [9.17, 15) is 0 Å². The Hall–Kier alpha value is -1.69. The molecule has 2 aromatic heterocycles. The summed E-state index contributed by atoms with van der Waals surface area (Å²) in [6, 6.07) is 0.781. The molecule has 1 saturated carbocycles. The number of aromatic nitrogens is 3. The van der Waals surface area contributed by atoms with E-state index in [4.69, 9.17) is 10.3 Å². The standard InChI is InChI=1S/C12H17N5O/c1-7-10-11(14-6-15-12(10)18-17-7)16-9-4-2-8(13)3-5-9/h6,8-9H,2-5,13H2,1H3,(H,14,15,16). The molecular formula is C12H17N5O. The van der Waals surface area contributed by atoms with Gasteiger partial charge in [0.2, 0.25) is 0 Å². The molecule has 1 fully saturated rings. The molecule has 0 spiro atoms. The number of nitrogens with two attached hydrogens (primary N) is 1. The monoisotopic (exact) mass is 247 g/mol. The number of fused-ring (bicyclic) bond motifs is 1. The number of nitrogens with zero attached hydrogens (tertiary/aromatic N) is 3. The van der Waals surface area contributed by atoms with Crippen LogP contribution in [0.2, 0.25) is 0 Å². The lowest BCUT2D eigenvalue weighted by Gasteiger charge is -2.27. The van der Waals surface area contributed by atoms with Crippen LogP contribution in [0.15, 0.2) is 10.9 Å². The average molecular weight is 247 g/mol. The molecule has 6 nitrogen and oxygen atoms in total. The molecule has 6 heteroatoms. The van der Waals surface area contributed by atoms with Crippen molar-refractivity contribution < 1.29 is 4.52 Å². The van der Waals surface area contributed by atoms with Gasteiger partial charge in [0.05, 0.1) is 5.69 Å². The first-order chi connectivity index (χ1) is 8.74. The van der Waals surface area contributed by atoms with Gasteiger partial charge in [-0.2, -0.15) is 4.98 Å². The zero-order valence-electron chi connectivity index (χ0n) is 10.4. The molecule has 1 aliphatic carbocycles. The zero-order valence-corrected chi connectivity index (χ0v) is 10.4. The van der Waals surface area contributed by atoms with Gasteiger partial charge in [-0.3, -0.25) is 0 Å². The van der Waals surface area contributed by atoms with Gasteiger partial charge in [0.25, 0.3) is 5.71 Å². The Kier molecular flexibility index (Phi) is 2.87. The van der Waals surface area contributed by atoms with Crippen LogP contribution < -0.4 is 11.1 Å². The third-order valence-corrected chi connectivity index (χ3v) is 3.56. The van der Waals surface area contributed by atoms with Gasteiger partial charge in [0, 0.05) is 12.1 Å². The van der Waals surface area contributed by atoms with Crippen molar-refractivity contribution in [3.05, 3.63) is 12.0 Å². The fourth-order valence-electron chi connectivity index (χ4n) is 2.49. The summed E-state index contributed by atoms with van der Waals surface area (Å²) in [5.74, 6) is 0.819. The third-order valence-electron chi connectivity index (χ3n) is 3.56. The van der Waals surface area contributed by atoms with Crippen molar-refractivity contribution in [1.29, 1.82) is 0 Å². The third kappa shape index (κ3) is 2.03. The first-order valence-corrected chi connectivity index (χ1v) is 6.33. The predicted molar refractivity (Wildman–Crippen MR) is 68.2 cm³/mol. The lowest BCUT2D eigenvalue weighted by Crippen LogP contribution is -2.33. The molecule has 0 amide bonds. The molecule has 2 heterocycles. The van der Waals surface area contributed by atoms with Crippen LogP contribution in [0.5, 0.6) is 0 Å². The van der Waals surface area contributed by atoms with Crippen molar-refractivity contribution in [2.45, 2.75) is 44.7 Å². The first kappa shape index (κ1) is 11.4. The molecule has 2 aromatic rings. The zero-order chi connectivity index (χ0) is 12.5. The number of aryl methyl sites for hydroxylation is 1. The molecule has 3 N–H and O–H groups in total. The topological polar surface area (TPSA) is 89.9 Å². The summed E-state index contributed by atoms with van der Waals surface area (Å²) in [7, 11) is 0. The molecule has 96 valence electrons. The highest BCUT2D eigenvalue weighted by Crippen LogP contribution is 2.26. The summed E-state index contributed by atoms with van der Waals surface area (Å²) < 4.78 is 5.13. The van der Waals surface area contributed by atoms with Crippen molar-refractivity contribution in [2.24, 2.45) is 5.73 Å². The molecule has 0 radical (unpaired) electrons. The molecule has 0 atom stereocenters. The van der Waals surface area contributed by atoms with Gasteiger partial charge in [0.15, 0.2) is 0 Å². The van der Waals surface area contributed by atoms with Crippen LogP contribution in [0.1, 0.15) is 31.4 Å². The summed E-state index contributed by atoms with van der Waals surface area (Å²) in [4.78, 5) is 8.37. The van der Waals surface area contributed by atoms with E-state index in [1.807, 2.05) is 6.92 Å². The van der Waals surface area contributed by atoms with Crippen LogP contribution in [0.4, 0.5) is 5.82 Å². The summed E-state index contributed by atoms with van der Waals surface area (Å²) in [5.41, 5.74) is 7.27. The molecular weight excluding hydrogens is 230 g/mol. The number of hydrogen-bond donors (Lipinski definition) is 2. The molecule has 0 aliphatic heterocycles. The van der Waals surface area contributed by atoms with Crippen LogP contribution in [0.25, 0.3) is 11.1 Å². The Bertz CT molecular complexity index is 544. The minimum Gasteiger partial charge on any atom is -0.367 e. The summed E-state index contributed by atoms with van der Waals surface area (Å²) in [6.45, 7) is 1.90. The fraction of sp³-hybridized carbons (Fsp3) is 0.583. The van der Waals surface area contributed by atoms with Crippen LogP contribution in [0.3, 0.4) is 0 Å². The van der Waals surface area contributed by atoms with Crippen molar-refractivity contribution in [2.75, 3.05) is 5.32 Å². The van der Waals surface area contributed by atoms with E-state index >= 15 is 0 Å². The highest BCUT2D eigenvalue weighted by Gasteiger charge is 2.20. The quantitative estimate of drug-likeness (QED) is 0.838. The Labute approximate surface area is 105 Å². The maximum absolute atomic E-state index is 5.91. The highest BCUT2D eigenvalue weighted by molar-refractivity contribution is 5.87. The van der Waals surface area contributed by atoms with Gasteiger partial charge in [-0.25, -0.2) is 4.98 Å². The second-order valence-electron chi connectivity index (χ2n) is 4.93. The maximum Gasteiger partial charge on any atom is 0.263 e. The Morgan fingerprint density at radius 1 is 1.28 bits per heavy atom. The lowest BCUT2D eigenvalue weighted by atomic mass is 9.92. The molecule has 0 unspecified atom stereocenters. The summed E-state index contributed by atoms with van der Waals surface area (Å²) in [6.07, 6.45) is 5.79. The molecule has 0 aromatic carbocycles. The van der Waals surface area contributed by atoms with Gasteiger partial charge in [-0.1, -0.05) is 5.16 Å². The molecule has 3 rings (SSSR count). The largest absolute Gasteiger partial charge is 0.367 e. The van der Waals surface area contributed by atoms with Gasteiger partial charge in [-0.05, 0) is 32.6 Å². The lowest BCUT2D eigenvalue weighted by molar-refractivity contribution is 0.410. The minimum atomic E-state index is 0.353. The molecule has 1 aliphatic rings. The Morgan fingerprint density at radius 2 is 2.06 bits per heavy atom. The Balaban J connectivity index is 1.84. The van der Waals surface area contributed by atoms with E-state index < -0.39 is 0 Å². The van der Waals surface area contributed by atoms with Crippen molar-refractivity contribution >= 4 is 16.9 Å². The van der Waals surface area contributed by atoms with Crippen molar-refractivity contribution in [1.82, 2.24) is 15.1 Å². The fourth-order valence-corrected chi connectivity index (χ4v) is 2.49. The van der Waals surface area contributed by atoms with Gasteiger partial charge >= 0.3 is 0 Å². The van der Waals surface area contributed by atoms with Crippen LogP contribution in [0, 0.1) is 6.92 Å². The molecule has 0 saturated heterocycles. The molecule has 0 bridgehead atoms. The Morgan fingerprint density at radius 3 is 2.83 bits per heavy atom. The average Bonchev–Trinajstić information content (AvgIpc) is 2.75. The van der Waals surface area contributed by atoms with Crippen molar-refractivity contribution in [3.8, 4) is 0 Å². The van der Waals surface area contributed by atoms with Crippen molar-refractivity contribution in [3.63, 3.8) is 0 Å². The molecule has 18 heavy (non-hydrogen) atoms. The van der Waals surface area contributed by atoms with E-state index in [1.165, 1.54) is 6.33 Å². The second kappa shape index (κ2) is 4.53. The first-order valence-electron chi connectivity index (χ1n) is 6.33. The van der Waals surface area contributed by atoms with E-state index in [-0.39, 0.29) is 0 Å². The highest BCUT2D eigenvalue weighted by atomic mass is 16.5. The van der Waals surface area contributed by atoms with Gasteiger partial charge in [0.1, 0.15) is 17.5 Å². The minimum absolute atomic E-state index is 0.353. The maximum atomic E-state index is 5.91. The van der Waals surface area contributed by atoms with Crippen LogP contribution in [-0.4, -0.2) is 27.2 Å². The smallest absolute Gasteiger partial charge is 0.263 e. The van der Waals surface area contributed by atoms with E-state index in [1.54, 1.807) is 0 Å². The van der Waals surface area contributed by atoms with Crippen LogP contribution in [-0.2, 0) is 0 Å². The number of anilines is 1. The van der Waals surface area contributed by atoms with Gasteiger partial charge < -0.3 is 15.6 Å². The van der Waals surface area contributed by atoms with Crippen LogP contribution >= 0.6 is 0 Å². The summed E-state index contributed by atoms with van der Waals surface area (Å²) in [5, 5.41) is 8.27. The van der Waals surface area contributed by atoms with E-state index in [0.717, 1.165) is 42.6 Å². The normalized spacial score (nSPS) is 24.3. The van der Waals surface area contributed by atoms with E-state index in [0.29, 0.717) is 17.8 Å². The summed E-state index contributed by atoms with van der Waals surface area (Å²) >= 11 is 0. The predicted octanol–water partition coefficient (Wildman–Crippen LogP) is 1.61. The van der Waals surface area contributed by atoms with Gasteiger partial charge in [-0.15, -0.1) is 0 Å².